The molecular formula is C24H34IN5O. The minimum Gasteiger partial charge on any atom is -0.354 e. The molecule has 0 aliphatic carbocycles. The zero-order chi connectivity index (χ0) is 21.5. The third-order valence-electron chi connectivity index (χ3n) is 5.55. The van der Waals surface area contributed by atoms with Crippen molar-refractivity contribution in [3.63, 3.8) is 0 Å². The first-order valence-electron chi connectivity index (χ1n) is 10.5. The van der Waals surface area contributed by atoms with Crippen molar-refractivity contribution in [2.75, 3.05) is 39.1 Å². The van der Waals surface area contributed by atoms with Crippen molar-refractivity contribution in [3.05, 3.63) is 65.2 Å². The lowest BCUT2D eigenvalue weighted by molar-refractivity contribution is -0.117. The van der Waals surface area contributed by atoms with Gasteiger partial charge in [0.25, 0.3) is 0 Å². The second kappa shape index (κ2) is 12.0. The van der Waals surface area contributed by atoms with E-state index in [1.165, 1.54) is 11.1 Å². The van der Waals surface area contributed by atoms with Crippen LogP contribution < -0.4 is 15.5 Å². The van der Waals surface area contributed by atoms with E-state index < -0.39 is 0 Å². The lowest BCUT2D eigenvalue weighted by Gasteiger charge is -2.26. The van der Waals surface area contributed by atoms with E-state index in [0.29, 0.717) is 13.0 Å². The third kappa shape index (κ3) is 6.93. The van der Waals surface area contributed by atoms with Crippen LogP contribution >= 0.6 is 24.0 Å². The molecule has 2 aromatic rings. The van der Waals surface area contributed by atoms with Crippen LogP contribution in [0, 0.1) is 6.92 Å². The Morgan fingerprint density at radius 2 is 1.77 bits per heavy atom. The quantitative estimate of drug-likeness (QED) is 0.323. The maximum Gasteiger partial charge on any atom is 0.227 e. The predicted molar refractivity (Wildman–Crippen MR) is 139 cm³/mol. The Bertz CT molecular complexity index is 865. The lowest BCUT2D eigenvalue weighted by Crippen LogP contribution is -2.41. The Balaban J connectivity index is 0.00000341. The van der Waals surface area contributed by atoms with Crippen LogP contribution in [-0.4, -0.2) is 51.0 Å². The summed E-state index contributed by atoms with van der Waals surface area (Å²) < 4.78 is 0. The number of benzene rings is 2. The Hall–Kier alpha value is -2.13. The molecule has 1 amide bonds. The molecule has 0 spiro atoms. The average molecular weight is 535 g/mol. The van der Waals surface area contributed by atoms with Gasteiger partial charge in [0.1, 0.15) is 0 Å². The van der Waals surface area contributed by atoms with E-state index >= 15 is 0 Å². The number of hydrogen-bond donors (Lipinski definition) is 2. The van der Waals surface area contributed by atoms with Crippen molar-refractivity contribution >= 4 is 41.5 Å². The maximum absolute atomic E-state index is 11.9. The topological polar surface area (TPSA) is 60.0 Å². The summed E-state index contributed by atoms with van der Waals surface area (Å²) in [6.07, 6.45) is 1.60. The van der Waals surface area contributed by atoms with Crippen LogP contribution in [0.25, 0.3) is 0 Å². The summed E-state index contributed by atoms with van der Waals surface area (Å²) in [5, 5.41) is 6.82. The monoisotopic (exact) mass is 535 g/mol. The van der Waals surface area contributed by atoms with E-state index in [9.17, 15) is 4.79 Å². The number of halogens is 1. The van der Waals surface area contributed by atoms with Gasteiger partial charge in [-0.1, -0.05) is 42.0 Å². The average Bonchev–Trinajstić information content (AvgIpc) is 3.17. The molecule has 2 aromatic carbocycles. The number of amides is 1. The number of aliphatic imine (C=N–C) groups is 1. The van der Waals surface area contributed by atoms with Crippen molar-refractivity contribution < 1.29 is 4.79 Å². The molecule has 2 N–H and O–H groups in total. The molecule has 1 aliphatic rings. The first kappa shape index (κ1) is 25.1. The first-order chi connectivity index (χ1) is 14.5. The van der Waals surface area contributed by atoms with Gasteiger partial charge >= 0.3 is 0 Å². The van der Waals surface area contributed by atoms with E-state index in [-0.39, 0.29) is 35.9 Å². The summed E-state index contributed by atoms with van der Waals surface area (Å²) in [6.45, 7) is 4.35. The van der Waals surface area contributed by atoms with Crippen LogP contribution in [0.2, 0.25) is 0 Å². The molecular weight excluding hydrogens is 501 g/mol. The van der Waals surface area contributed by atoms with Gasteiger partial charge in [-0.3, -0.25) is 9.79 Å². The number of rotatable bonds is 7. The fourth-order valence-electron chi connectivity index (χ4n) is 3.70. The summed E-state index contributed by atoms with van der Waals surface area (Å²) in [4.78, 5) is 20.3. The van der Waals surface area contributed by atoms with Crippen LogP contribution in [0.1, 0.15) is 35.6 Å². The molecule has 1 saturated heterocycles. The highest BCUT2D eigenvalue weighted by atomic mass is 127. The molecule has 31 heavy (non-hydrogen) atoms. The minimum atomic E-state index is 0. The minimum absolute atomic E-state index is 0. The second-order valence-corrected chi connectivity index (χ2v) is 8.01. The van der Waals surface area contributed by atoms with Gasteiger partial charge in [0.05, 0.1) is 6.04 Å². The number of hydrogen-bond acceptors (Lipinski definition) is 3. The molecule has 0 bridgehead atoms. The molecule has 3 rings (SSSR count). The van der Waals surface area contributed by atoms with Gasteiger partial charge in [-0.05, 0) is 50.7 Å². The molecule has 1 aliphatic heterocycles. The van der Waals surface area contributed by atoms with E-state index in [1.807, 2.05) is 17.0 Å². The second-order valence-electron chi connectivity index (χ2n) is 8.01. The number of nitrogens with zero attached hydrogens (tertiary/aromatic N) is 3. The van der Waals surface area contributed by atoms with Crippen LogP contribution in [0.4, 0.5) is 5.69 Å². The van der Waals surface area contributed by atoms with Gasteiger partial charge in [-0.2, -0.15) is 0 Å². The molecule has 1 unspecified atom stereocenters. The van der Waals surface area contributed by atoms with Gasteiger partial charge in [0, 0.05) is 38.8 Å². The maximum atomic E-state index is 11.9. The van der Waals surface area contributed by atoms with Gasteiger partial charge in [-0.15, -0.1) is 24.0 Å². The third-order valence-corrected chi connectivity index (χ3v) is 5.55. The van der Waals surface area contributed by atoms with Crippen molar-refractivity contribution in [3.8, 4) is 0 Å². The van der Waals surface area contributed by atoms with Crippen molar-refractivity contribution in [1.29, 1.82) is 0 Å². The summed E-state index contributed by atoms with van der Waals surface area (Å²) in [5.41, 5.74) is 4.68. The fourth-order valence-corrected chi connectivity index (χ4v) is 3.70. The van der Waals surface area contributed by atoms with Crippen LogP contribution in [0.15, 0.2) is 53.5 Å². The SMILES string of the molecule is CN=C(NCc1ccc(N2CCCC2=O)cc1)NCC(c1ccc(C)cc1)N(C)C.I. The number of anilines is 1. The lowest BCUT2D eigenvalue weighted by atomic mass is 10.0. The number of nitrogens with one attached hydrogen (secondary N) is 2. The molecule has 0 aromatic heterocycles. The zero-order valence-corrected chi connectivity index (χ0v) is 21.2. The molecule has 0 saturated carbocycles. The molecule has 1 atom stereocenters. The normalized spacial score (nSPS) is 15.1. The number of guanidine groups is 1. The summed E-state index contributed by atoms with van der Waals surface area (Å²) in [6, 6.07) is 17.1. The fraction of sp³-hybridized carbons (Fsp3) is 0.417. The number of carbonyl (C=O) groups is 1. The first-order valence-corrected chi connectivity index (χ1v) is 10.5. The van der Waals surface area contributed by atoms with Gasteiger partial charge < -0.3 is 20.4 Å². The summed E-state index contributed by atoms with van der Waals surface area (Å²) >= 11 is 0. The molecule has 0 radical (unpaired) electrons. The van der Waals surface area contributed by atoms with Crippen LogP contribution in [0.3, 0.4) is 0 Å². The molecule has 6 nitrogen and oxygen atoms in total. The van der Waals surface area contributed by atoms with E-state index in [0.717, 1.165) is 36.7 Å². The highest BCUT2D eigenvalue weighted by Gasteiger charge is 2.21. The molecule has 1 heterocycles. The number of likely N-dealkylation sites (N-methyl/N-ethyl adjacent to an activating group) is 1. The predicted octanol–water partition coefficient (Wildman–Crippen LogP) is 3.71. The smallest absolute Gasteiger partial charge is 0.227 e. The van der Waals surface area contributed by atoms with Gasteiger partial charge in [0.2, 0.25) is 5.91 Å². The number of aryl methyl sites for hydroxylation is 1. The molecule has 1 fully saturated rings. The highest BCUT2D eigenvalue weighted by Crippen LogP contribution is 2.21. The standard InChI is InChI=1S/C24H33N5O.HI/c1-18-7-11-20(12-8-18)22(28(3)4)17-27-24(25-2)26-16-19-9-13-21(14-10-19)29-15-5-6-23(29)30;/h7-14,22H,5-6,15-17H2,1-4H3,(H2,25,26,27);1H. The molecule has 168 valence electrons. The summed E-state index contributed by atoms with van der Waals surface area (Å²) in [5.74, 6) is 0.988. The molecule has 7 heteroatoms. The van der Waals surface area contributed by atoms with Crippen LogP contribution in [0.5, 0.6) is 0 Å². The van der Waals surface area contributed by atoms with Crippen molar-refractivity contribution in [2.24, 2.45) is 4.99 Å². The Morgan fingerprint density at radius 1 is 1.10 bits per heavy atom. The largest absolute Gasteiger partial charge is 0.354 e. The van der Waals surface area contributed by atoms with Crippen molar-refractivity contribution in [2.45, 2.75) is 32.4 Å². The van der Waals surface area contributed by atoms with Gasteiger partial charge in [-0.25, -0.2) is 0 Å². The number of carbonyl (C=O) groups excluding carboxylic acids is 1. The Kier molecular flexibility index (Phi) is 9.77. The highest BCUT2D eigenvalue weighted by molar-refractivity contribution is 14.0. The van der Waals surface area contributed by atoms with E-state index in [4.69, 9.17) is 0 Å². The van der Waals surface area contributed by atoms with Gasteiger partial charge in [0.15, 0.2) is 5.96 Å². The van der Waals surface area contributed by atoms with E-state index in [1.54, 1.807) is 7.05 Å². The Labute approximate surface area is 203 Å². The summed E-state index contributed by atoms with van der Waals surface area (Å²) in [7, 11) is 5.97. The van der Waals surface area contributed by atoms with E-state index in [2.05, 4.69) is 77.9 Å². The zero-order valence-electron chi connectivity index (χ0n) is 18.9. The van der Waals surface area contributed by atoms with Crippen LogP contribution in [-0.2, 0) is 11.3 Å². The van der Waals surface area contributed by atoms with Crippen molar-refractivity contribution in [1.82, 2.24) is 15.5 Å². The Morgan fingerprint density at radius 3 is 2.32 bits per heavy atom.